The fraction of sp³-hybridized carbons (Fsp3) is 0.217. The molecule has 4 N–H and O–H groups in total. The fourth-order valence-electron chi connectivity index (χ4n) is 3.27. The number of benzene rings is 2. The molecule has 8 nitrogen and oxygen atoms in total. The number of urea groups is 1. The summed E-state index contributed by atoms with van der Waals surface area (Å²) in [6.07, 6.45) is 2.03. The second-order valence-electron chi connectivity index (χ2n) is 7.80. The Labute approximate surface area is 195 Å². The number of carboxylic acids is 1. The normalized spacial score (nSPS) is 14.4. The molecular formula is C23H23N3O5S2. The highest BCUT2D eigenvalue weighted by Gasteiger charge is 2.26. The van der Waals surface area contributed by atoms with Crippen molar-refractivity contribution < 1.29 is 23.1 Å². The molecule has 3 aromatic rings. The van der Waals surface area contributed by atoms with Gasteiger partial charge in [-0.05, 0) is 59.5 Å². The highest BCUT2D eigenvalue weighted by molar-refractivity contribution is 7.91. The van der Waals surface area contributed by atoms with Crippen molar-refractivity contribution >= 4 is 39.0 Å². The molecule has 0 bridgehead atoms. The van der Waals surface area contributed by atoms with Crippen molar-refractivity contribution in [2.45, 2.75) is 35.6 Å². The van der Waals surface area contributed by atoms with Crippen LogP contribution in [0.5, 0.6) is 0 Å². The minimum Gasteiger partial charge on any atom is -0.480 e. The van der Waals surface area contributed by atoms with Crippen LogP contribution in [0.15, 0.2) is 70.3 Å². The van der Waals surface area contributed by atoms with Gasteiger partial charge in [-0.25, -0.2) is 13.2 Å². The predicted octanol–water partition coefficient (Wildman–Crippen LogP) is 3.67. The summed E-state index contributed by atoms with van der Waals surface area (Å²) < 4.78 is 27.2. The number of hydrogen-bond acceptors (Lipinski definition) is 5. The van der Waals surface area contributed by atoms with E-state index in [0.29, 0.717) is 11.3 Å². The summed E-state index contributed by atoms with van der Waals surface area (Å²) in [5.41, 5.74) is 3.12. The molecule has 0 radical (unpaired) electrons. The molecule has 0 unspecified atom stereocenters. The van der Waals surface area contributed by atoms with E-state index in [4.69, 9.17) is 0 Å². The number of aliphatic carboxylic acids is 1. The van der Waals surface area contributed by atoms with Gasteiger partial charge in [-0.3, -0.25) is 4.79 Å². The van der Waals surface area contributed by atoms with Crippen LogP contribution in [-0.2, 0) is 21.2 Å². The topological polar surface area (TPSA) is 125 Å². The smallest absolute Gasteiger partial charge is 0.322 e. The standard InChI is InChI=1S/C23H23N3O5S2/c27-22(28)20(26-33(30,31)21-5-2-12-32-21)13-15-6-8-16(9-7-15)17-3-1-4-19(14-17)25-23(29)24-18-10-11-18/h1-9,12,14,18,20,26H,10-11,13H2,(H,27,28)(H2,24,25,29)/t20-/m0/s1. The monoisotopic (exact) mass is 485 g/mol. The Morgan fingerprint density at radius 2 is 1.79 bits per heavy atom. The summed E-state index contributed by atoms with van der Waals surface area (Å²) in [4.78, 5) is 23.6. The molecule has 1 aromatic heterocycles. The van der Waals surface area contributed by atoms with E-state index in [9.17, 15) is 23.1 Å². The Morgan fingerprint density at radius 1 is 1.03 bits per heavy atom. The minimum atomic E-state index is -3.90. The van der Waals surface area contributed by atoms with Crippen molar-refractivity contribution in [2.75, 3.05) is 5.32 Å². The quantitative estimate of drug-likeness (QED) is 0.368. The van der Waals surface area contributed by atoms with Crippen LogP contribution in [0.4, 0.5) is 10.5 Å². The molecule has 1 fully saturated rings. The van der Waals surface area contributed by atoms with Crippen LogP contribution < -0.4 is 15.4 Å². The predicted molar refractivity (Wildman–Crippen MR) is 127 cm³/mol. The van der Waals surface area contributed by atoms with E-state index in [0.717, 1.165) is 35.3 Å². The van der Waals surface area contributed by atoms with E-state index in [1.54, 1.807) is 23.6 Å². The van der Waals surface area contributed by atoms with Crippen LogP contribution in [0, 0.1) is 0 Å². The molecule has 1 heterocycles. The minimum absolute atomic E-state index is 0.00313. The lowest BCUT2D eigenvalue weighted by molar-refractivity contribution is -0.138. The van der Waals surface area contributed by atoms with Gasteiger partial charge in [0.15, 0.2) is 0 Å². The molecule has 10 heteroatoms. The lowest BCUT2D eigenvalue weighted by Gasteiger charge is -2.14. The average Bonchev–Trinajstić information content (AvgIpc) is 3.40. The van der Waals surface area contributed by atoms with E-state index < -0.39 is 22.0 Å². The molecule has 33 heavy (non-hydrogen) atoms. The van der Waals surface area contributed by atoms with Gasteiger partial charge in [0.25, 0.3) is 10.0 Å². The Balaban J connectivity index is 1.43. The fourth-order valence-corrected chi connectivity index (χ4v) is 5.47. The van der Waals surface area contributed by atoms with E-state index in [2.05, 4.69) is 15.4 Å². The Morgan fingerprint density at radius 3 is 2.42 bits per heavy atom. The van der Waals surface area contributed by atoms with Gasteiger partial charge in [0, 0.05) is 11.7 Å². The number of anilines is 1. The Bertz CT molecular complexity index is 1240. The number of carboxylic acid groups (broad SMARTS) is 1. The zero-order valence-electron chi connectivity index (χ0n) is 17.5. The molecule has 0 saturated heterocycles. The number of amides is 2. The first-order chi connectivity index (χ1) is 15.8. The maximum absolute atomic E-state index is 12.4. The molecule has 2 amide bonds. The van der Waals surface area contributed by atoms with Crippen LogP contribution >= 0.6 is 11.3 Å². The summed E-state index contributed by atoms with van der Waals surface area (Å²) in [6.45, 7) is 0. The summed E-state index contributed by atoms with van der Waals surface area (Å²) in [6, 6.07) is 16.4. The van der Waals surface area contributed by atoms with Gasteiger partial charge in [0.05, 0.1) is 0 Å². The van der Waals surface area contributed by atoms with E-state index >= 15 is 0 Å². The van der Waals surface area contributed by atoms with Gasteiger partial charge in [-0.1, -0.05) is 42.5 Å². The van der Waals surface area contributed by atoms with Crippen molar-refractivity contribution in [1.29, 1.82) is 0 Å². The summed E-state index contributed by atoms with van der Waals surface area (Å²) >= 11 is 1.03. The second kappa shape index (κ2) is 9.74. The molecule has 0 spiro atoms. The van der Waals surface area contributed by atoms with Crippen molar-refractivity contribution in [1.82, 2.24) is 10.0 Å². The van der Waals surface area contributed by atoms with Gasteiger partial charge in [-0.15, -0.1) is 11.3 Å². The van der Waals surface area contributed by atoms with E-state index in [1.807, 2.05) is 36.4 Å². The Kier molecular flexibility index (Phi) is 6.77. The van der Waals surface area contributed by atoms with Crippen LogP contribution in [-0.4, -0.2) is 37.6 Å². The van der Waals surface area contributed by atoms with Crippen LogP contribution in [0.1, 0.15) is 18.4 Å². The lowest BCUT2D eigenvalue weighted by Crippen LogP contribution is -2.42. The highest BCUT2D eigenvalue weighted by atomic mass is 32.2. The van der Waals surface area contributed by atoms with Gasteiger partial charge in [-0.2, -0.15) is 4.72 Å². The van der Waals surface area contributed by atoms with Crippen molar-refractivity contribution in [2.24, 2.45) is 0 Å². The first-order valence-electron chi connectivity index (χ1n) is 10.4. The van der Waals surface area contributed by atoms with E-state index in [1.165, 1.54) is 6.07 Å². The van der Waals surface area contributed by atoms with E-state index in [-0.39, 0.29) is 22.7 Å². The molecule has 172 valence electrons. The molecule has 4 rings (SSSR count). The maximum Gasteiger partial charge on any atom is 0.322 e. The van der Waals surface area contributed by atoms with Crippen LogP contribution in [0.3, 0.4) is 0 Å². The van der Waals surface area contributed by atoms with Gasteiger partial charge >= 0.3 is 12.0 Å². The van der Waals surface area contributed by atoms with Crippen molar-refractivity contribution in [3.05, 3.63) is 71.6 Å². The highest BCUT2D eigenvalue weighted by Crippen LogP contribution is 2.24. The number of thiophene rings is 1. The lowest BCUT2D eigenvalue weighted by atomic mass is 10.0. The van der Waals surface area contributed by atoms with Crippen molar-refractivity contribution in [3.8, 4) is 11.1 Å². The number of nitrogens with one attached hydrogen (secondary N) is 3. The summed E-state index contributed by atoms with van der Waals surface area (Å²) in [7, 11) is -3.90. The average molecular weight is 486 g/mol. The SMILES string of the molecule is O=C(Nc1cccc(-c2ccc(C[C@H](NS(=O)(=O)c3cccs3)C(=O)O)cc2)c1)NC1CC1. The molecular weight excluding hydrogens is 462 g/mol. The Hall–Kier alpha value is -3.21. The number of sulfonamides is 1. The first-order valence-corrected chi connectivity index (χ1v) is 12.7. The van der Waals surface area contributed by atoms with Gasteiger partial charge in [0.1, 0.15) is 10.3 Å². The van der Waals surface area contributed by atoms with Crippen LogP contribution in [0.25, 0.3) is 11.1 Å². The summed E-state index contributed by atoms with van der Waals surface area (Å²) in [5.74, 6) is -1.25. The van der Waals surface area contributed by atoms with Gasteiger partial charge in [0.2, 0.25) is 0 Å². The number of carbonyl (C=O) groups is 2. The zero-order valence-corrected chi connectivity index (χ0v) is 19.2. The molecule has 1 atom stereocenters. The maximum atomic E-state index is 12.4. The first kappa shape index (κ1) is 23.0. The van der Waals surface area contributed by atoms with Crippen molar-refractivity contribution in [3.63, 3.8) is 0 Å². The number of hydrogen-bond donors (Lipinski definition) is 4. The second-order valence-corrected chi connectivity index (χ2v) is 10.7. The number of rotatable bonds is 9. The number of carbonyl (C=O) groups excluding carboxylic acids is 1. The molecule has 0 aliphatic heterocycles. The largest absolute Gasteiger partial charge is 0.480 e. The zero-order chi connectivity index (χ0) is 23.4. The summed E-state index contributed by atoms with van der Waals surface area (Å²) in [5, 5.41) is 16.8. The third-order valence-electron chi connectivity index (χ3n) is 5.12. The molecule has 1 aliphatic carbocycles. The third kappa shape index (κ3) is 6.19. The van der Waals surface area contributed by atoms with Gasteiger partial charge < -0.3 is 15.7 Å². The molecule has 2 aromatic carbocycles. The molecule has 1 aliphatic rings. The van der Waals surface area contributed by atoms with Crippen LogP contribution in [0.2, 0.25) is 0 Å². The third-order valence-corrected chi connectivity index (χ3v) is 7.98. The molecule has 1 saturated carbocycles.